The van der Waals surface area contributed by atoms with Crippen molar-refractivity contribution in [2.24, 2.45) is 11.8 Å². The van der Waals surface area contributed by atoms with Crippen molar-refractivity contribution in [1.82, 2.24) is 25.0 Å². The molecule has 2 aromatic rings. The molecule has 96 valence electrons. The third-order valence-corrected chi connectivity index (χ3v) is 3.87. The molecular weight excluding hydrogens is 228 g/mol. The van der Waals surface area contributed by atoms with E-state index in [0.29, 0.717) is 17.6 Å². The Balaban J connectivity index is 1.82. The third-order valence-electron chi connectivity index (χ3n) is 3.87. The molecule has 18 heavy (non-hydrogen) atoms. The molecular formula is C12H18N6. The Kier molecular flexibility index (Phi) is 2.85. The molecule has 0 aliphatic heterocycles. The average Bonchev–Trinajstić information content (AvgIpc) is 2.82. The van der Waals surface area contributed by atoms with Crippen molar-refractivity contribution in [2.75, 3.05) is 5.32 Å². The Labute approximate surface area is 106 Å². The van der Waals surface area contributed by atoms with Gasteiger partial charge in [-0.3, -0.25) is 4.98 Å². The van der Waals surface area contributed by atoms with Crippen LogP contribution in [-0.4, -0.2) is 31.1 Å². The molecule has 2 aromatic heterocycles. The summed E-state index contributed by atoms with van der Waals surface area (Å²) >= 11 is 0. The van der Waals surface area contributed by atoms with Gasteiger partial charge >= 0.3 is 0 Å². The molecule has 1 fully saturated rings. The zero-order chi connectivity index (χ0) is 12.5. The molecule has 6 nitrogen and oxygen atoms in total. The Morgan fingerprint density at radius 2 is 2.17 bits per heavy atom. The molecule has 3 atom stereocenters. The van der Waals surface area contributed by atoms with Crippen molar-refractivity contribution in [2.45, 2.75) is 39.2 Å². The van der Waals surface area contributed by atoms with Crippen molar-refractivity contribution in [3.05, 3.63) is 12.4 Å². The SMILES string of the molecule is CC1CCC(Nc2cncc3nnnn23)C(C)C1. The number of hydrogen-bond acceptors (Lipinski definition) is 5. The maximum atomic E-state index is 4.16. The number of aromatic nitrogens is 5. The van der Waals surface area contributed by atoms with Crippen LogP contribution in [0.15, 0.2) is 12.4 Å². The quantitative estimate of drug-likeness (QED) is 0.874. The average molecular weight is 246 g/mol. The summed E-state index contributed by atoms with van der Waals surface area (Å²) in [6.45, 7) is 4.64. The topological polar surface area (TPSA) is 68.0 Å². The van der Waals surface area contributed by atoms with Gasteiger partial charge in [-0.15, -0.1) is 5.10 Å². The third kappa shape index (κ3) is 2.02. The normalized spacial score (nSPS) is 28.4. The maximum absolute atomic E-state index is 4.16. The molecule has 0 saturated heterocycles. The molecule has 0 spiro atoms. The Bertz CT molecular complexity index is 536. The van der Waals surface area contributed by atoms with Gasteiger partial charge in [0.15, 0.2) is 11.5 Å². The Morgan fingerprint density at radius 3 is 3.00 bits per heavy atom. The zero-order valence-corrected chi connectivity index (χ0v) is 10.7. The van der Waals surface area contributed by atoms with Gasteiger partial charge in [-0.05, 0) is 41.5 Å². The van der Waals surface area contributed by atoms with Gasteiger partial charge in [-0.2, -0.15) is 4.52 Å². The van der Waals surface area contributed by atoms with Gasteiger partial charge in [0.05, 0.1) is 12.4 Å². The van der Waals surface area contributed by atoms with Crippen LogP contribution in [0, 0.1) is 11.8 Å². The summed E-state index contributed by atoms with van der Waals surface area (Å²) in [6.07, 6.45) is 7.20. The first-order valence-electron chi connectivity index (χ1n) is 6.52. The van der Waals surface area contributed by atoms with E-state index in [1.54, 1.807) is 16.9 Å². The molecule has 1 aliphatic carbocycles. The van der Waals surface area contributed by atoms with E-state index in [0.717, 1.165) is 11.7 Å². The fourth-order valence-corrected chi connectivity index (χ4v) is 2.84. The highest BCUT2D eigenvalue weighted by molar-refractivity contribution is 5.44. The molecule has 0 aromatic carbocycles. The summed E-state index contributed by atoms with van der Waals surface area (Å²) in [5.41, 5.74) is 0.678. The van der Waals surface area contributed by atoms with E-state index in [2.05, 4.69) is 39.7 Å². The van der Waals surface area contributed by atoms with Crippen LogP contribution in [0.3, 0.4) is 0 Å². The molecule has 2 heterocycles. The summed E-state index contributed by atoms with van der Waals surface area (Å²) in [6, 6.07) is 0.484. The number of tetrazole rings is 1. The lowest BCUT2D eigenvalue weighted by Crippen LogP contribution is -2.33. The highest BCUT2D eigenvalue weighted by Gasteiger charge is 2.25. The number of hydrogen-bond donors (Lipinski definition) is 1. The van der Waals surface area contributed by atoms with Crippen LogP contribution in [-0.2, 0) is 0 Å². The first-order chi connectivity index (χ1) is 8.74. The second kappa shape index (κ2) is 4.51. The number of fused-ring (bicyclic) bond motifs is 1. The number of anilines is 1. The van der Waals surface area contributed by atoms with Crippen molar-refractivity contribution in [3.63, 3.8) is 0 Å². The minimum absolute atomic E-state index is 0.484. The van der Waals surface area contributed by atoms with Crippen molar-refractivity contribution in [3.8, 4) is 0 Å². The lowest BCUT2D eigenvalue weighted by Gasteiger charge is -2.33. The number of nitrogens with one attached hydrogen (secondary N) is 1. The van der Waals surface area contributed by atoms with Gasteiger partial charge in [0.25, 0.3) is 0 Å². The number of nitrogens with zero attached hydrogens (tertiary/aromatic N) is 5. The molecule has 0 radical (unpaired) electrons. The summed E-state index contributed by atoms with van der Waals surface area (Å²) < 4.78 is 1.71. The second-order valence-electron chi connectivity index (χ2n) is 5.39. The van der Waals surface area contributed by atoms with Gasteiger partial charge in [-0.25, -0.2) is 0 Å². The molecule has 1 aliphatic rings. The second-order valence-corrected chi connectivity index (χ2v) is 5.39. The maximum Gasteiger partial charge on any atom is 0.199 e. The molecule has 3 unspecified atom stereocenters. The minimum atomic E-state index is 0.484. The van der Waals surface area contributed by atoms with Crippen molar-refractivity contribution < 1.29 is 0 Å². The monoisotopic (exact) mass is 246 g/mol. The smallest absolute Gasteiger partial charge is 0.199 e. The molecule has 0 amide bonds. The van der Waals surface area contributed by atoms with E-state index in [4.69, 9.17) is 0 Å². The summed E-state index contributed by atoms with van der Waals surface area (Å²) in [5, 5.41) is 15.1. The van der Waals surface area contributed by atoms with Crippen LogP contribution in [0.1, 0.15) is 33.1 Å². The van der Waals surface area contributed by atoms with Gasteiger partial charge in [0.2, 0.25) is 0 Å². The van der Waals surface area contributed by atoms with E-state index >= 15 is 0 Å². The van der Waals surface area contributed by atoms with Gasteiger partial charge in [0, 0.05) is 6.04 Å². The van der Waals surface area contributed by atoms with Gasteiger partial charge in [0.1, 0.15) is 0 Å². The largest absolute Gasteiger partial charge is 0.366 e. The van der Waals surface area contributed by atoms with Crippen LogP contribution in [0.5, 0.6) is 0 Å². The fourth-order valence-electron chi connectivity index (χ4n) is 2.84. The van der Waals surface area contributed by atoms with Crippen molar-refractivity contribution >= 4 is 11.5 Å². The fraction of sp³-hybridized carbons (Fsp3) is 0.667. The van der Waals surface area contributed by atoms with Crippen LogP contribution < -0.4 is 5.32 Å². The molecule has 6 heteroatoms. The van der Waals surface area contributed by atoms with E-state index in [1.165, 1.54) is 19.3 Å². The lowest BCUT2D eigenvalue weighted by molar-refractivity contribution is 0.276. The van der Waals surface area contributed by atoms with E-state index in [-0.39, 0.29) is 0 Å². The van der Waals surface area contributed by atoms with Crippen LogP contribution >= 0.6 is 0 Å². The van der Waals surface area contributed by atoms with E-state index in [9.17, 15) is 0 Å². The van der Waals surface area contributed by atoms with Crippen LogP contribution in [0.25, 0.3) is 5.65 Å². The Morgan fingerprint density at radius 1 is 1.28 bits per heavy atom. The first kappa shape index (κ1) is 11.4. The molecule has 0 bridgehead atoms. The first-order valence-corrected chi connectivity index (χ1v) is 6.52. The van der Waals surface area contributed by atoms with E-state index in [1.807, 2.05) is 0 Å². The zero-order valence-electron chi connectivity index (χ0n) is 10.7. The Hall–Kier alpha value is -1.72. The predicted octanol–water partition coefficient (Wildman–Crippen LogP) is 1.76. The summed E-state index contributed by atoms with van der Waals surface area (Å²) in [4.78, 5) is 4.16. The van der Waals surface area contributed by atoms with Gasteiger partial charge < -0.3 is 5.32 Å². The number of rotatable bonds is 2. The molecule has 1 saturated carbocycles. The minimum Gasteiger partial charge on any atom is -0.366 e. The summed E-state index contributed by atoms with van der Waals surface area (Å²) in [5.74, 6) is 2.38. The predicted molar refractivity (Wildman–Crippen MR) is 68.2 cm³/mol. The van der Waals surface area contributed by atoms with Crippen molar-refractivity contribution in [1.29, 1.82) is 0 Å². The van der Waals surface area contributed by atoms with Crippen LogP contribution in [0.4, 0.5) is 5.82 Å². The summed E-state index contributed by atoms with van der Waals surface area (Å²) in [7, 11) is 0. The van der Waals surface area contributed by atoms with E-state index < -0.39 is 0 Å². The van der Waals surface area contributed by atoms with Crippen LogP contribution in [0.2, 0.25) is 0 Å². The molecule has 3 rings (SSSR count). The lowest BCUT2D eigenvalue weighted by atomic mass is 9.80. The van der Waals surface area contributed by atoms with Gasteiger partial charge in [-0.1, -0.05) is 13.8 Å². The molecule has 1 N–H and O–H groups in total. The highest BCUT2D eigenvalue weighted by atomic mass is 15.5. The highest BCUT2D eigenvalue weighted by Crippen LogP contribution is 2.30. The standard InChI is InChI=1S/C12H18N6/c1-8-3-4-10(9(2)5-8)14-11-6-13-7-12-15-16-17-18(11)12/h6-10,14H,3-5H2,1-2H3.